The second-order valence-electron chi connectivity index (χ2n) is 1.23. The summed E-state index contributed by atoms with van der Waals surface area (Å²) >= 11 is 0. The van der Waals surface area contributed by atoms with Crippen LogP contribution in [0.4, 0.5) is 0 Å². The number of hydrogen-bond acceptors (Lipinski definition) is 3. The van der Waals surface area contributed by atoms with Gasteiger partial charge in [-0.25, -0.2) is 0 Å². The van der Waals surface area contributed by atoms with E-state index in [-0.39, 0.29) is 24.0 Å². The Kier molecular flexibility index (Phi) is 42.5. The molecule has 0 aromatic carbocycles. The minimum Gasteiger partial charge on any atom is -0.412 e. The first-order valence-electron chi connectivity index (χ1n) is 2.68. The number of nitrogens with two attached hydrogens (primary N) is 4. The third-order valence-corrected chi connectivity index (χ3v) is 0. The van der Waals surface area contributed by atoms with Gasteiger partial charge in [0, 0.05) is 6.61 Å². The van der Waals surface area contributed by atoms with E-state index in [1.165, 1.54) is 0 Å². The lowest BCUT2D eigenvalue weighted by atomic mass is 10.9. The standard InChI is InChI=1S/C2H6O.2CH5N3.H2O/c1-2-3;2*2-1(3)4;/h3H,2H2,1H3;2*(H5,2,3,4);1H2. The maximum absolute atomic E-state index is 7.57. The van der Waals surface area contributed by atoms with Crippen molar-refractivity contribution in [2.24, 2.45) is 22.9 Å². The molecule has 0 saturated carbocycles. The Balaban J connectivity index is -0.0000000389. The lowest BCUT2D eigenvalue weighted by Crippen LogP contribution is -2.20. The Morgan fingerprint density at radius 3 is 1.08 bits per heavy atom. The first kappa shape index (κ1) is 22.4. The lowest BCUT2D eigenvalue weighted by Gasteiger charge is -1.69. The summed E-state index contributed by atoms with van der Waals surface area (Å²) in [6, 6.07) is 0. The van der Waals surface area contributed by atoms with Crippen LogP contribution in [-0.4, -0.2) is 29.1 Å². The van der Waals surface area contributed by atoms with Crippen LogP contribution in [0.5, 0.6) is 0 Å². The number of guanidine groups is 2. The minimum atomic E-state index is -0.333. The van der Waals surface area contributed by atoms with Gasteiger partial charge in [0.2, 0.25) is 0 Å². The molecule has 0 aliphatic heterocycles. The summed E-state index contributed by atoms with van der Waals surface area (Å²) in [6.07, 6.45) is 0. The van der Waals surface area contributed by atoms with Crippen molar-refractivity contribution in [1.29, 1.82) is 10.8 Å². The molecule has 13 N–H and O–H groups in total. The van der Waals surface area contributed by atoms with E-state index in [1.54, 1.807) is 6.92 Å². The summed E-state index contributed by atoms with van der Waals surface area (Å²) < 4.78 is 0. The Morgan fingerprint density at radius 1 is 1.08 bits per heavy atom. The maximum atomic E-state index is 7.57. The summed E-state index contributed by atoms with van der Waals surface area (Å²) in [5.74, 6) is -0.667. The van der Waals surface area contributed by atoms with Crippen molar-refractivity contribution in [2.75, 3.05) is 6.61 Å². The number of nitrogens with one attached hydrogen (secondary N) is 2. The van der Waals surface area contributed by atoms with Crippen LogP contribution in [0.2, 0.25) is 0 Å². The van der Waals surface area contributed by atoms with Crippen molar-refractivity contribution in [3.05, 3.63) is 0 Å². The van der Waals surface area contributed by atoms with Gasteiger partial charge in [0.15, 0.2) is 11.9 Å². The van der Waals surface area contributed by atoms with E-state index in [2.05, 4.69) is 22.9 Å². The van der Waals surface area contributed by atoms with Crippen molar-refractivity contribution in [3.63, 3.8) is 0 Å². The molecule has 0 aromatic heterocycles. The van der Waals surface area contributed by atoms with Crippen LogP contribution in [0.15, 0.2) is 0 Å². The van der Waals surface area contributed by atoms with Crippen molar-refractivity contribution < 1.29 is 10.6 Å². The average molecular weight is 182 g/mol. The zero-order valence-electron chi connectivity index (χ0n) is 6.96. The van der Waals surface area contributed by atoms with Crippen LogP contribution in [0, 0.1) is 10.8 Å². The molecule has 0 rings (SSSR count). The van der Waals surface area contributed by atoms with E-state index < -0.39 is 0 Å². The van der Waals surface area contributed by atoms with E-state index in [0.29, 0.717) is 0 Å². The highest BCUT2D eigenvalue weighted by Gasteiger charge is 1.52. The van der Waals surface area contributed by atoms with E-state index in [9.17, 15) is 0 Å². The predicted octanol–water partition coefficient (Wildman–Crippen LogP) is -3.15. The van der Waals surface area contributed by atoms with Crippen molar-refractivity contribution >= 4 is 11.9 Å². The van der Waals surface area contributed by atoms with E-state index in [1.807, 2.05) is 0 Å². The molecule has 0 aromatic rings. The molecule has 8 heteroatoms. The van der Waals surface area contributed by atoms with Gasteiger partial charge in [-0.1, -0.05) is 0 Å². The van der Waals surface area contributed by atoms with Crippen LogP contribution < -0.4 is 22.9 Å². The molecule has 0 radical (unpaired) electrons. The molecule has 0 aliphatic rings. The minimum absolute atomic E-state index is 0. The molecular weight excluding hydrogens is 164 g/mol. The first-order chi connectivity index (χ1) is 4.88. The third-order valence-electron chi connectivity index (χ3n) is 0. The number of hydrogen-bond donors (Lipinski definition) is 7. The average Bonchev–Trinajstić information content (AvgIpc) is 1.60. The normalized spacial score (nSPS) is 5.50. The van der Waals surface area contributed by atoms with Crippen LogP contribution in [-0.2, 0) is 0 Å². The van der Waals surface area contributed by atoms with Gasteiger partial charge in [-0.2, -0.15) is 0 Å². The van der Waals surface area contributed by atoms with Gasteiger partial charge in [-0.3, -0.25) is 10.8 Å². The zero-order chi connectivity index (χ0) is 9.86. The molecule has 0 aliphatic carbocycles. The highest BCUT2D eigenvalue weighted by molar-refractivity contribution is 5.72. The SMILES string of the molecule is CCO.N=C(N)N.N=C(N)N.O. The molecule has 0 spiro atoms. The smallest absolute Gasteiger partial charge is 0.183 e. The number of aliphatic hydroxyl groups is 1. The summed E-state index contributed by atoms with van der Waals surface area (Å²) in [5.41, 5.74) is 17.9. The van der Waals surface area contributed by atoms with Crippen molar-refractivity contribution in [2.45, 2.75) is 6.92 Å². The highest BCUT2D eigenvalue weighted by Crippen LogP contribution is 1.30. The maximum Gasteiger partial charge on any atom is 0.183 e. The van der Waals surface area contributed by atoms with Gasteiger partial charge >= 0.3 is 0 Å². The number of rotatable bonds is 0. The third kappa shape index (κ3) is 199. The predicted molar refractivity (Wildman–Crippen MR) is 48.6 cm³/mol. The van der Waals surface area contributed by atoms with Crippen LogP contribution >= 0.6 is 0 Å². The molecule has 76 valence electrons. The molecule has 0 amide bonds. The van der Waals surface area contributed by atoms with E-state index in [4.69, 9.17) is 15.9 Å². The molecule has 0 saturated heterocycles. The van der Waals surface area contributed by atoms with E-state index in [0.717, 1.165) is 0 Å². The fraction of sp³-hybridized carbons (Fsp3) is 0.500. The summed E-state index contributed by atoms with van der Waals surface area (Å²) in [7, 11) is 0. The Morgan fingerprint density at radius 2 is 1.08 bits per heavy atom. The Hall–Kier alpha value is -1.54. The topological polar surface area (TPSA) is 204 Å². The van der Waals surface area contributed by atoms with Gasteiger partial charge in [-0.15, -0.1) is 0 Å². The van der Waals surface area contributed by atoms with Crippen LogP contribution in [0.25, 0.3) is 0 Å². The molecule has 0 atom stereocenters. The monoisotopic (exact) mass is 182 g/mol. The van der Waals surface area contributed by atoms with E-state index >= 15 is 0 Å². The molecule has 0 heterocycles. The largest absolute Gasteiger partial charge is 0.412 e. The zero-order valence-corrected chi connectivity index (χ0v) is 6.96. The van der Waals surface area contributed by atoms with Crippen LogP contribution in [0.1, 0.15) is 6.92 Å². The van der Waals surface area contributed by atoms with Crippen molar-refractivity contribution in [1.82, 2.24) is 0 Å². The van der Waals surface area contributed by atoms with Gasteiger partial charge < -0.3 is 33.5 Å². The van der Waals surface area contributed by atoms with Gasteiger partial charge in [0.25, 0.3) is 0 Å². The van der Waals surface area contributed by atoms with Gasteiger partial charge in [0.1, 0.15) is 0 Å². The molecular formula is C4H18N6O2. The quantitative estimate of drug-likeness (QED) is 0.153. The second kappa shape index (κ2) is 22.7. The second-order valence-corrected chi connectivity index (χ2v) is 1.23. The van der Waals surface area contributed by atoms with Gasteiger partial charge in [0.05, 0.1) is 0 Å². The fourth-order valence-electron chi connectivity index (χ4n) is 0. The molecule has 0 fully saturated rings. The van der Waals surface area contributed by atoms with Crippen molar-refractivity contribution in [3.8, 4) is 0 Å². The molecule has 0 bridgehead atoms. The first-order valence-corrected chi connectivity index (χ1v) is 2.68. The Bertz CT molecular complexity index is 85.7. The molecule has 0 unspecified atom stereocenters. The lowest BCUT2D eigenvalue weighted by molar-refractivity contribution is 0.318. The molecule has 8 nitrogen and oxygen atoms in total. The highest BCUT2D eigenvalue weighted by atomic mass is 16.2. The van der Waals surface area contributed by atoms with Gasteiger partial charge in [-0.05, 0) is 6.92 Å². The Labute approximate surface area is 70.9 Å². The fourth-order valence-corrected chi connectivity index (χ4v) is 0. The number of aliphatic hydroxyl groups excluding tert-OH is 1. The molecule has 12 heavy (non-hydrogen) atoms. The summed E-state index contributed by atoms with van der Waals surface area (Å²) in [6.45, 7) is 1.93. The summed E-state index contributed by atoms with van der Waals surface area (Å²) in [4.78, 5) is 0. The summed E-state index contributed by atoms with van der Waals surface area (Å²) in [5, 5.41) is 19.7. The van der Waals surface area contributed by atoms with Crippen LogP contribution in [0.3, 0.4) is 0 Å².